The molecule has 20 heavy (non-hydrogen) atoms. The third-order valence-electron chi connectivity index (χ3n) is 3.91. The zero-order chi connectivity index (χ0) is 14.4. The minimum Gasteiger partial charge on any atom is -0.398 e. The molecule has 0 saturated heterocycles. The SMILES string of the molecule is Nc1ccc(=O)n(CC(=O)NCCCC2CCCC2)c1. The number of pyridine rings is 1. The molecule has 1 aliphatic carbocycles. The van der Waals surface area contributed by atoms with Crippen molar-refractivity contribution < 1.29 is 4.79 Å². The predicted octanol–water partition coefficient (Wildman–Crippen LogP) is 1.52. The van der Waals surface area contributed by atoms with Crippen molar-refractivity contribution in [3.05, 3.63) is 28.7 Å². The molecule has 1 saturated carbocycles. The second-order valence-corrected chi connectivity index (χ2v) is 5.57. The fourth-order valence-corrected chi connectivity index (χ4v) is 2.80. The van der Waals surface area contributed by atoms with Crippen LogP contribution in [0.1, 0.15) is 38.5 Å². The Morgan fingerprint density at radius 3 is 2.85 bits per heavy atom. The van der Waals surface area contributed by atoms with E-state index in [1.807, 2.05) is 0 Å². The van der Waals surface area contributed by atoms with Gasteiger partial charge in [-0.2, -0.15) is 0 Å². The maximum atomic E-state index is 11.8. The second kappa shape index (κ2) is 7.12. The Morgan fingerprint density at radius 2 is 2.10 bits per heavy atom. The number of nitrogens with one attached hydrogen (secondary N) is 1. The second-order valence-electron chi connectivity index (χ2n) is 5.57. The molecule has 1 aliphatic rings. The van der Waals surface area contributed by atoms with E-state index in [9.17, 15) is 9.59 Å². The molecule has 1 aromatic heterocycles. The topological polar surface area (TPSA) is 77.1 Å². The van der Waals surface area contributed by atoms with Crippen LogP contribution < -0.4 is 16.6 Å². The third-order valence-corrected chi connectivity index (χ3v) is 3.91. The summed E-state index contributed by atoms with van der Waals surface area (Å²) in [5.41, 5.74) is 5.88. The Bertz CT molecular complexity index is 504. The lowest BCUT2D eigenvalue weighted by atomic mass is 10.0. The van der Waals surface area contributed by atoms with Crippen molar-refractivity contribution in [2.75, 3.05) is 12.3 Å². The van der Waals surface area contributed by atoms with Crippen LogP contribution in [0.2, 0.25) is 0 Å². The van der Waals surface area contributed by atoms with Gasteiger partial charge in [-0.15, -0.1) is 0 Å². The average Bonchev–Trinajstić information content (AvgIpc) is 2.92. The van der Waals surface area contributed by atoms with Crippen molar-refractivity contribution in [2.24, 2.45) is 5.92 Å². The molecular formula is C15H23N3O2. The van der Waals surface area contributed by atoms with Gasteiger partial charge in [-0.1, -0.05) is 25.7 Å². The number of nitrogen functional groups attached to an aromatic ring is 1. The summed E-state index contributed by atoms with van der Waals surface area (Å²) in [5, 5.41) is 2.86. The van der Waals surface area contributed by atoms with Crippen LogP contribution >= 0.6 is 0 Å². The Labute approximate surface area is 119 Å². The number of anilines is 1. The Balaban J connectivity index is 1.69. The average molecular weight is 277 g/mol. The standard InChI is InChI=1S/C15H23N3O2/c16-13-7-8-15(20)18(10-13)11-14(19)17-9-3-6-12-4-1-2-5-12/h7-8,10,12H,1-6,9,11,16H2,(H,17,19). The molecule has 0 bridgehead atoms. The molecule has 0 radical (unpaired) electrons. The first-order chi connectivity index (χ1) is 9.65. The minimum atomic E-state index is -0.208. The van der Waals surface area contributed by atoms with Gasteiger partial charge in [0.05, 0.1) is 0 Å². The van der Waals surface area contributed by atoms with E-state index in [2.05, 4.69) is 5.32 Å². The molecule has 0 aliphatic heterocycles. The summed E-state index contributed by atoms with van der Waals surface area (Å²) in [6.45, 7) is 0.722. The number of hydrogen-bond acceptors (Lipinski definition) is 3. The molecule has 0 atom stereocenters. The van der Waals surface area contributed by atoms with Crippen molar-refractivity contribution in [1.82, 2.24) is 9.88 Å². The van der Waals surface area contributed by atoms with Crippen molar-refractivity contribution in [3.63, 3.8) is 0 Å². The zero-order valence-corrected chi connectivity index (χ0v) is 11.8. The number of amides is 1. The number of carbonyl (C=O) groups excluding carboxylic acids is 1. The quantitative estimate of drug-likeness (QED) is 0.774. The summed E-state index contributed by atoms with van der Waals surface area (Å²) < 4.78 is 1.33. The van der Waals surface area contributed by atoms with Crippen LogP contribution in [0, 0.1) is 5.92 Å². The molecule has 110 valence electrons. The van der Waals surface area contributed by atoms with Gasteiger partial charge < -0.3 is 15.6 Å². The number of rotatable bonds is 6. The van der Waals surface area contributed by atoms with Crippen LogP contribution in [-0.4, -0.2) is 17.0 Å². The van der Waals surface area contributed by atoms with Gasteiger partial charge in [-0.05, 0) is 24.8 Å². The molecule has 0 spiro atoms. The highest BCUT2D eigenvalue weighted by atomic mass is 16.2. The molecule has 0 unspecified atom stereocenters. The molecular weight excluding hydrogens is 254 g/mol. The van der Waals surface area contributed by atoms with Gasteiger partial charge in [0.15, 0.2) is 0 Å². The van der Waals surface area contributed by atoms with E-state index in [1.54, 1.807) is 6.07 Å². The van der Waals surface area contributed by atoms with E-state index in [0.717, 1.165) is 12.3 Å². The van der Waals surface area contributed by atoms with Gasteiger partial charge in [-0.25, -0.2) is 0 Å². The summed E-state index contributed by atoms with van der Waals surface area (Å²) in [4.78, 5) is 23.3. The molecule has 3 N–H and O–H groups in total. The highest BCUT2D eigenvalue weighted by molar-refractivity contribution is 5.75. The van der Waals surface area contributed by atoms with Crippen molar-refractivity contribution >= 4 is 11.6 Å². The highest BCUT2D eigenvalue weighted by Gasteiger charge is 2.14. The molecule has 1 fully saturated rings. The van der Waals surface area contributed by atoms with E-state index in [0.29, 0.717) is 12.2 Å². The fraction of sp³-hybridized carbons (Fsp3) is 0.600. The Morgan fingerprint density at radius 1 is 1.35 bits per heavy atom. The molecule has 2 rings (SSSR count). The van der Waals surface area contributed by atoms with Crippen molar-refractivity contribution in [3.8, 4) is 0 Å². The van der Waals surface area contributed by atoms with Crippen LogP contribution in [0.15, 0.2) is 23.1 Å². The maximum Gasteiger partial charge on any atom is 0.251 e. The van der Waals surface area contributed by atoms with Gasteiger partial charge in [0.25, 0.3) is 5.56 Å². The number of nitrogens with two attached hydrogens (primary N) is 1. The van der Waals surface area contributed by atoms with Crippen LogP contribution in [0.5, 0.6) is 0 Å². The predicted molar refractivity (Wildman–Crippen MR) is 79.3 cm³/mol. The van der Waals surface area contributed by atoms with Gasteiger partial charge in [0, 0.05) is 24.5 Å². The number of aromatic nitrogens is 1. The van der Waals surface area contributed by atoms with E-state index < -0.39 is 0 Å². The van der Waals surface area contributed by atoms with Crippen molar-refractivity contribution in [2.45, 2.75) is 45.1 Å². The molecule has 1 amide bonds. The number of nitrogens with zero attached hydrogens (tertiary/aromatic N) is 1. The number of hydrogen-bond donors (Lipinski definition) is 2. The highest BCUT2D eigenvalue weighted by Crippen LogP contribution is 2.28. The molecule has 1 heterocycles. The van der Waals surface area contributed by atoms with Crippen LogP contribution in [0.25, 0.3) is 0 Å². The first-order valence-corrected chi connectivity index (χ1v) is 7.38. The van der Waals surface area contributed by atoms with Crippen molar-refractivity contribution in [1.29, 1.82) is 0 Å². The number of carbonyl (C=O) groups is 1. The van der Waals surface area contributed by atoms with Crippen LogP contribution in [0.4, 0.5) is 5.69 Å². The first-order valence-electron chi connectivity index (χ1n) is 7.38. The normalized spacial score (nSPS) is 15.4. The monoisotopic (exact) mass is 277 g/mol. The lowest BCUT2D eigenvalue weighted by Gasteiger charge is -2.10. The summed E-state index contributed by atoms with van der Waals surface area (Å²) >= 11 is 0. The molecule has 5 nitrogen and oxygen atoms in total. The van der Waals surface area contributed by atoms with Crippen LogP contribution in [-0.2, 0) is 11.3 Å². The van der Waals surface area contributed by atoms with E-state index >= 15 is 0 Å². The molecule has 0 aromatic carbocycles. The Hall–Kier alpha value is -1.78. The minimum absolute atomic E-state index is 0.0350. The maximum absolute atomic E-state index is 11.8. The van der Waals surface area contributed by atoms with Gasteiger partial charge >= 0.3 is 0 Å². The summed E-state index contributed by atoms with van der Waals surface area (Å²) in [6.07, 6.45) is 9.10. The van der Waals surface area contributed by atoms with E-state index in [1.165, 1.54) is 48.9 Å². The fourth-order valence-electron chi connectivity index (χ4n) is 2.80. The van der Waals surface area contributed by atoms with E-state index in [-0.39, 0.29) is 18.0 Å². The molecule has 1 aromatic rings. The lowest BCUT2D eigenvalue weighted by molar-refractivity contribution is -0.121. The summed E-state index contributed by atoms with van der Waals surface area (Å²) in [6, 6.07) is 2.92. The smallest absolute Gasteiger partial charge is 0.251 e. The third kappa shape index (κ3) is 4.40. The van der Waals surface area contributed by atoms with Gasteiger partial charge in [0.1, 0.15) is 6.54 Å². The van der Waals surface area contributed by atoms with Gasteiger partial charge in [0.2, 0.25) is 5.91 Å². The lowest BCUT2D eigenvalue weighted by Crippen LogP contribution is -2.32. The van der Waals surface area contributed by atoms with Crippen LogP contribution in [0.3, 0.4) is 0 Å². The zero-order valence-electron chi connectivity index (χ0n) is 11.8. The summed E-state index contributed by atoms with van der Waals surface area (Å²) in [7, 11) is 0. The largest absolute Gasteiger partial charge is 0.398 e. The molecule has 5 heteroatoms. The van der Waals surface area contributed by atoms with E-state index in [4.69, 9.17) is 5.73 Å². The summed E-state index contributed by atoms with van der Waals surface area (Å²) in [5.74, 6) is 0.715. The first kappa shape index (κ1) is 14.6. The van der Waals surface area contributed by atoms with Gasteiger partial charge in [-0.3, -0.25) is 9.59 Å². The Kier molecular flexibility index (Phi) is 5.21.